The third kappa shape index (κ3) is 4.26. The second-order valence-corrected chi connectivity index (χ2v) is 7.07. The summed E-state index contributed by atoms with van der Waals surface area (Å²) in [6.45, 7) is 8.62. The van der Waals surface area contributed by atoms with Gasteiger partial charge >= 0.3 is 6.09 Å². The van der Waals surface area contributed by atoms with E-state index < -0.39 is 0 Å². The van der Waals surface area contributed by atoms with Crippen LogP contribution >= 0.6 is 0 Å². The van der Waals surface area contributed by atoms with Crippen molar-refractivity contribution in [3.05, 3.63) is 23.9 Å². The zero-order valence-electron chi connectivity index (χ0n) is 15.7. The number of likely N-dealkylation sites (tertiary alicyclic amines) is 1. The Morgan fingerprint density at radius 2 is 1.96 bits per heavy atom. The summed E-state index contributed by atoms with van der Waals surface area (Å²) in [6.07, 6.45) is 3.70. The highest BCUT2D eigenvalue weighted by Gasteiger charge is 2.25. The first kappa shape index (κ1) is 18.5. The van der Waals surface area contributed by atoms with Gasteiger partial charge in [0, 0.05) is 51.0 Å². The quantitative estimate of drug-likeness (QED) is 0.827. The van der Waals surface area contributed by atoms with Crippen LogP contribution in [-0.4, -0.2) is 72.7 Å². The average Bonchev–Trinajstić information content (AvgIpc) is 2.68. The third-order valence-corrected chi connectivity index (χ3v) is 5.07. The molecule has 0 aromatic carbocycles. The molecule has 3 rings (SSSR count). The Balaban J connectivity index is 1.63. The minimum absolute atomic E-state index is 0.0883. The molecule has 7 nitrogen and oxygen atoms in total. The summed E-state index contributed by atoms with van der Waals surface area (Å²) in [5.74, 6) is 1.44. The lowest BCUT2D eigenvalue weighted by Crippen LogP contribution is -2.49. The van der Waals surface area contributed by atoms with Crippen LogP contribution in [0, 0.1) is 5.92 Å². The van der Waals surface area contributed by atoms with E-state index in [0.717, 1.165) is 25.3 Å². The van der Waals surface area contributed by atoms with E-state index in [1.54, 1.807) is 17.2 Å². The highest BCUT2D eigenvalue weighted by molar-refractivity contribution is 5.95. The highest BCUT2D eigenvalue weighted by Crippen LogP contribution is 2.20. The first-order chi connectivity index (χ1) is 12.6. The molecule has 1 aromatic heterocycles. The van der Waals surface area contributed by atoms with Crippen LogP contribution in [0.4, 0.5) is 10.6 Å². The maximum absolute atomic E-state index is 12.8. The molecule has 0 saturated carbocycles. The largest absolute Gasteiger partial charge is 0.450 e. The fraction of sp³-hybridized carbons (Fsp3) is 0.632. The maximum atomic E-state index is 12.8. The van der Waals surface area contributed by atoms with Gasteiger partial charge in [-0.2, -0.15) is 0 Å². The van der Waals surface area contributed by atoms with Crippen LogP contribution in [0.1, 0.15) is 37.0 Å². The van der Waals surface area contributed by atoms with Crippen molar-refractivity contribution in [2.24, 2.45) is 5.92 Å². The standard InChI is InChI=1S/C19H28N4O3/c1-3-26-19(25)22-11-9-21(10-12-22)17-13-16(6-7-20-17)18(24)23-8-4-5-15(2)14-23/h6-7,13,15H,3-5,8-12,14H2,1-2H3. The predicted molar refractivity (Wildman–Crippen MR) is 99.3 cm³/mol. The van der Waals surface area contributed by atoms with Gasteiger partial charge in [-0.3, -0.25) is 4.79 Å². The van der Waals surface area contributed by atoms with E-state index in [2.05, 4.69) is 16.8 Å². The van der Waals surface area contributed by atoms with Crippen molar-refractivity contribution in [2.45, 2.75) is 26.7 Å². The summed E-state index contributed by atoms with van der Waals surface area (Å²) in [7, 11) is 0. The first-order valence-electron chi connectivity index (χ1n) is 9.50. The lowest BCUT2D eigenvalue weighted by Gasteiger charge is -2.35. The third-order valence-electron chi connectivity index (χ3n) is 5.07. The number of anilines is 1. The Morgan fingerprint density at radius 3 is 2.65 bits per heavy atom. The minimum atomic E-state index is -0.261. The summed E-state index contributed by atoms with van der Waals surface area (Å²) in [5, 5.41) is 0. The number of carbonyl (C=O) groups excluding carboxylic acids is 2. The Bertz CT molecular complexity index is 643. The summed E-state index contributed by atoms with van der Waals surface area (Å²) in [6, 6.07) is 3.67. The molecule has 0 aliphatic carbocycles. The van der Waals surface area contributed by atoms with Crippen LogP contribution in [-0.2, 0) is 4.74 Å². The Morgan fingerprint density at radius 1 is 1.19 bits per heavy atom. The van der Waals surface area contributed by atoms with Gasteiger partial charge in [-0.25, -0.2) is 9.78 Å². The molecule has 1 aromatic rings. The van der Waals surface area contributed by atoms with E-state index >= 15 is 0 Å². The van der Waals surface area contributed by atoms with Crippen LogP contribution in [0.15, 0.2) is 18.3 Å². The van der Waals surface area contributed by atoms with Gasteiger partial charge < -0.3 is 19.4 Å². The molecule has 142 valence electrons. The van der Waals surface area contributed by atoms with Crippen LogP contribution < -0.4 is 4.90 Å². The zero-order chi connectivity index (χ0) is 18.5. The summed E-state index contributed by atoms with van der Waals surface area (Å²) < 4.78 is 5.05. The van der Waals surface area contributed by atoms with E-state index in [1.165, 1.54) is 6.42 Å². The second kappa shape index (κ2) is 8.38. The van der Waals surface area contributed by atoms with E-state index in [9.17, 15) is 9.59 Å². The van der Waals surface area contributed by atoms with Crippen LogP contribution in [0.3, 0.4) is 0 Å². The van der Waals surface area contributed by atoms with Gasteiger partial charge in [-0.15, -0.1) is 0 Å². The average molecular weight is 360 g/mol. The van der Waals surface area contributed by atoms with Gasteiger partial charge in [0.15, 0.2) is 0 Å². The molecule has 7 heteroatoms. The van der Waals surface area contributed by atoms with Crippen molar-refractivity contribution in [2.75, 3.05) is 50.8 Å². The summed E-state index contributed by atoms with van der Waals surface area (Å²) in [5.41, 5.74) is 0.692. The van der Waals surface area contributed by atoms with Crippen molar-refractivity contribution in [1.29, 1.82) is 0 Å². The van der Waals surface area contributed by atoms with E-state index in [4.69, 9.17) is 4.74 Å². The molecule has 0 bridgehead atoms. The molecule has 3 heterocycles. The number of nitrogens with zero attached hydrogens (tertiary/aromatic N) is 4. The molecule has 0 N–H and O–H groups in total. The van der Waals surface area contributed by atoms with Crippen molar-refractivity contribution < 1.29 is 14.3 Å². The highest BCUT2D eigenvalue weighted by atomic mass is 16.6. The molecule has 26 heavy (non-hydrogen) atoms. The van der Waals surface area contributed by atoms with Crippen molar-refractivity contribution >= 4 is 17.8 Å². The molecule has 2 aliphatic rings. The lowest BCUT2D eigenvalue weighted by atomic mass is 9.99. The fourth-order valence-electron chi connectivity index (χ4n) is 3.61. The fourth-order valence-corrected chi connectivity index (χ4v) is 3.61. The second-order valence-electron chi connectivity index (χ2n) is 7.07. The van der Waals surface area contributed by atoms with E-state index in [0.29, 0.717) is 44.3 Å². The van der Waals surface area contributed by atoms with Gasteiger partial charge in [-0.1, -0.05) is 6.92 Å². The Kier molecular flexibility index (Phi) is 5.96. The van der Waals surface area contributed by atoms with Crippen LogP contribution in [0.25, 0.3) is 0 Å². The Hall–Kier alpha value is -2.31. The van der Waals surface area contributed by atoms with Crippen molar-refractivity contribution in [1.82, 2.24) is 14.8 Å². The number of ether oxygens (including phenoxy) is 1. The Labute approximate surface area is 154 Å². The van der Waals surface area contributed by atoms with Crippen LogP contribution in [0.5, 0.6) is 0 Å². The molecule has 1 unspecified atom stereocenters. The summed E-state index contributed by atoms with van der Waals surface area (Å²) >= 11 is 0. The number of piperazine rings is 1. The number of hydrogen-bond acceptors (Lipinski definition) is 5. The van der Waals surface area contributed by atoms with Gasteiger partial charge in [0.1, 0.15) is 5.82 Å². The molecule has 2 fully saturated rings. The minimum Gasteiger partial charge on any atom is -0.450 e. The smallest absolute Gasteiger partial charge is 0.409 e. The topological polar surface area (TPSA) is 66.0 Å². The van der Waals surface area contributed by atoms with Gasteiger partial charge in [0.25, 0.3) is 5.91 Å². The molecule has 1 atom stereocenters. The molecular weight excluding hydrogens is 332 g/mol. The number of piperidine rings is 1. The monoisotopic (exact) mass is 360 g/mol. The van der Waals surface area contributed by atoms with Crippen LogP contribution in [0.2, 0.25) is 0 Å². The van der Waals surface area contributed by atoms with Gasteiger partial charge in [0.05, 0.1) is 6.61 Å². The number of aromatic nitrogens is 1. The number of hydrogen-bond donors (Lipinski definition) is 0. The van der Waals surface area contributed by atoms with Crippen molar-refractivity contribution in [3.63, 3.8) is 0 Å². The normalized spacial score (nSPS) is 20.8. The lowest BCUT2D eigenvalue weighted by molar-refractivity contribution is 0.0683. The number of rotatable bonds is 3. The zero-order valence-corrected chi connectivity index (χ0v) is 15.7. The molecule has 0 spiro atoms. The molecular formula is C19H28N4O3. The first-order valence-corrected chi connectivity index (χ1v) is 9.50. The maximum Gasteiger partial charge on any atom is 0.409 e. The van der Waals surface area contributed by atoms with Gasteiger partial charge in [-0.05, 0) is 37.8 Å². The van der Waals surface area contributed by atoms with E-state index in [-0.39, 0.29) is 12.0 Å². The molecule has 2 saturated heterocycles. The number of pyridine rings is 1. The molecule has 2 amide bonds. The van der Waals surface area contributed by atoms with Crippen molar-refractivity contribution in [3.8, 4) is 0 Å². The molecule has 0 radical (unpaired) electrons. The predicted octanol–water partition coefficient (Wildman–Crippen LogP) is 2.23. The summed E-state index contributed by atoms with van der Waals surface area (Å²) in [4.78, 5) is 34.8. The molecule has 2 aliphatic heterocycles. The van der Waals surface area contributed by atoms with Gasteiger partial charge in [0.2, 0.25) is 0 Å². The number of carbonyl (C=O) groups is 2. The van der Waals surface area contributed by atoms with E-state index in [1.807, 2.05) is 17.9 Å². The SMILES string of the molecule is CCOC(=O)N1CCN(c2cc(C(=O)N3CCCC(C)C3)ccn2)CC1. The number of amides is 2.